The van der Waals surface area contributed by atoms with Crippen molar-refractivity contribution in [2.45, 2.75) is 0 Å². The van der Waals surface area contributed by atoms with Crippen LogP contribution < -0.4 is 15.5 Å². The Morgan fingerprint density at radius 3 is 2.31 bits per heavy atom. The van der Waals surface area contributed by atoms with Gasteiger partial charge in [-0.05, 0) is 48.5 Å². The highest BCUT2D eigenvalue weighted by atomic mass is 35.5. The molecule has 0 aliphatic heterocycles. The number of carbonyl (C=O) groups is 1. The van der Waals surface area contributed by atoms with Crippen molar-refractivity contribution in [1.82, 2.24) is 10.2 Å². The third kappa shape index (κ3) is 4.29. The highest BCUT2D eigenvalue weighted by Gasteiger charge is 2.10. The van der Waals surface area contributed by atoms with E-state index in [1.807, 2.05) is 43.3 Å². The zero-order valence-electron chi connectivity index (χ0n) is 14.4. The fraction of sp³-hybridized carbons (Fsp3) is 0.105. The molecule has 0 aliphatic rings. The van der Waals surface area contributed by atoms with Gasteiger partial charge in [0, 0.05) is 25.5 Å². The number of aromatic nitrogens is 2. The van der Waals surface area contributed by atoms with Crippen molar-refractivity contribution < 1.29 is 4.79 Å². The molecule has 0 fully saturated rings. The van der Waals surface area contributed by atoms with Gasteiger partial charge in [-0.2, -0.15) is 0 Å². The number of benzene rings is 2. The second-order valence-corrected chi connectivity index (χ2v) is 6.21. The number of carbonyl (C=O) groups excluding carboxylic acids is 1. The maximum atomic E-state index is 12.2. The van der Waals surface area contributed by atoms with Gasteiger partial charge in [-0.25, -0.2) is 0 Å². The number of rotatable bonds is 5. The van der Waals surface area contributed by atoms with Crippen LogP contribution in [0.4, 0.5) is 22.9 Å². The molecule has 2 aromatic carbocycles. The fourth-order valence-corrected chi connectivity index (χ4v) is 2.44. The second-order valence-electron chi connectivity index (χ2n) is 5.80. The van der Waals surface area contributed by atoms with Crippen LogP contribution in [0.3, 0.4) is 0 Å². The molecular weight excluding hydrogens is 350 g/mol. The Labute approximate surface area is 156 Å². The Hall–Kier alpha value is -3.12. The zero-order valence-corrected chi connectivity index (χ0v) is 15.2. The van der Waals surface area contributed by atoms with Gasteiger partial charge in [0.05, 0.1) is 10.7 Å². The lowest BCUT2D eigenvalue weighted by Gasteiger charge is -2.13. The van der Waals surface area contributed by atoms with Gasteiger partial charge in [0.1, 0.15) is 0 Å². The number of hydrogen-bond acceptors (Lipinski definition) is 5. The minimum absolute atomic E-state index is 0.207. The maximum absolute atomic E-state index is 12.2. The van der Waals surface area contributed by atoms with E-state index in [1.165, 1.54) is 0 Å². The highest BCUT2D eigenvalue weighted by Crippen LogP contribution is 2.21. The van der Waals surface area contributed by atoms with Crippen LogP contribution in [0.2, 0.25) is 5.02 Å². The predicted octanol–water partition coefficient (Wildman–Crippen LogP) is 4.19. The first-order valence-corrected chi connectivity index (χ1v) is 8.35. The number of hydrogen-bond donors (Lipinski definition) is 2. The van der Waals surface area contributed by atoms with Crippen molar-refractivity contribution >= 4 is 40.4 Å². The van der Waals surface area contributed by atoms with Gasteiger partial charge >= 0.3 is 0 Å². The van der Waals surface area contributed by atoms with Crippen LogP contribution in [-0.4, -0.2) is 30.2 Å². The molecule has 0 aliphatic carbocycles. The number of nitrogens with one attached hydrogen (secondary N) is 2. The summed E-state index contributed by atoms with van der Waals surface area (Å²) in [5.41, 5.74) is 2.73. The topological polar surface area (TPSA) is 70.2 Å². The quantitative estimate of drug-likeness (QED) is 0.707. The van der Waals surface area contributed by atoms with Crippen molar-refractivity contribution in [2.75, 3.05) is 29.6 Å². The summed E-state index contributed by atoms with van der Waals surface area (Å²) in [5.74, 6) is 0.185. The number of halogens is 1. The molecule has 0 saturated heterocycles. The summed E-state index contributed by atoms with van der Waals surface area (Å²) < 4.78 is 0. The predicted molar refractivity (Wildman–Crippen MR) is 105 cm³/mol. The molecular formula is C19H18ClN5O. The monoisotopic (exact) mass is 367 g/mol. The van der Waals surface area contributed by atoms with E-state index >= 15 is 0 Å². The van der Waals surface area contributed by atoms with Gasteiger partial charge in [-0.1, -0.05) is 23.7 Å². The Balaban J connectivity index is 1.66. The van der Waals surface area contributed by atoms with E-state index in [2.05, 4.69) is 20.8 Å². The molecule has 2 N–H and O–H groups in total. The van der Waals surface area contributed by atoms with Gasteiger partial charge in [0.15, 0.2) is 11.5 Å². The van der Waals surface area contributed by atoms with Crippen molar-refractivity contribution in [3.8, 4) is 0 Å². The summed E-state index contributed by atoms with van der Waals surface area (Å²) in [7, 11) is 3.97. The minimum Gasteiger partial charge on any atom is -0.378 e. The second kappa shape index (κ2) is 7.84. The van der Waals surface area contributed by atoms with Gasteiger partial charge in [-0.3, -0.25) is 4.79 Å². The van der Waals surface area contributed by atoms with Crippen LogP contribution in [0.5, 0.6) is 0 Å². The standard InChI is InChI=1S/C19H18ClN5O/c1-25(2)14-9-7-13(8-10-14)21-18-12-11-17(23-24-18)19(26)22-16-6-4-3-5-15(16)20/h3-12H,1-2H3,(H,21,24)(H,22,26). The average Bonchev–Trinajstić information content (AvgIpc) is 2.64. The first-order chi connectivity index (χ1) is 12.5. The summed E-state index contributed by atoms with van der Waals surface area (Å²) in [6, 6.07) is 18.2. The third-order valence-corrected chi connectivity index (χ3v) is 4.00. The molecule has 1 amide bonds. The molecule has 6 nitrogen and oxygen atoms in total. The van der Waals surface area contributed by atoms with Crippen LogP contribution in [0, 0.1) is 0 Å². The lowest BCUT2D eigenvalue weighted by Crippen LogP contribution is -2.14. The maximum Gasteiger partial charge on any atom is 0.276 e. The van der Waals surface area contributed by atoms with Gasteiger partial charge in [0.2, 0.25) is 0 Å². The molecule has 0 spiro atoms. The normalized spacial score (nSPS) is 10.3. The zero-order chi connectivity index (χ0) is 18.5. The molecule has 0 atom stereocenters. The van der Waals surface area contributed by atoms with Crippen LogP contribution >= 0.6 is 11.6 Å². The molecule has 0 unspecified atom stereocenters. The average molecular weight is 368 g/mol. The largest absolute Gasteiger partial charge is 0.378 e. The Morgan fingerprint density at radius 2 is 1.69 bits per heavy atom. The molecule has 3 aromatic rings. The SMILES string of the molecule is CN(C)c1ccc(Nc2ccc(C(=O)Nc3ccccc3Cl)nn2)cc1. The van der Waals surface area contributed by atoms with Crippen LogP contribution in [-0.2, 0) is 0 Å². The van der Waals surface area contributed by atoms with Crippen molar-refractivity contribution in [3.63, 3.8) is 0 Å². The molecule has 1 aromatic heterocycles. The highest BCUT2D eigenvalue weighted by molar-refractivity contribution is 6.33. The van der Waals surface area contributed by atoms with E-state index in [0.29, 0.717) is 16.5 Å². The van der Waals surface area contributed by atoms with Crippen LogP contribution in [0.1, 0.15) is 10.5 Å². The first kappa shape index (κ1) is 17.7. The molecule has 7 heteroatoms. The van der Waals surface area contributed by atoms with Crippen molar-refractivity contribution in [2.24, 2.45) is 0 Å². The summed E-state index contributed by atoms with van der Waals surface area (Å²) in [4.78, 5) is 14.3. The van der Waals surface area contributed by atoms with E-state index in [4.69, 9.17) is 11.6 Å². The third-order valence-electron chi connectivity index (χ3n) is 3.68. The van der Waals surface area contributed by atoms with Gasteiger partial charge < -0.3 is 15.5 Å². The van der Waals surface area contributed by atoms with Crippen LogP contribution in [0.15, 0.2) is 60.7 Å². The number of anilines is 4. The number of amides is 1. The smallest absolute Gasteiger partial charge is 0.276 e. The summed E-state index contributed by atoms with van der Waals surface area (Å²) in [6.45, 7) is 0. The van der Waals surface area contributed by atoms with E-state index in [0.717, 1.165) is 11.4 Å². The lowest BCUT2D eigenvalue weighted by molar-refractivity contribution is 0.102. The van der Waals surface area contributed by atoms with Gasteiger partial charge in [-0.15, -0.1) is 10.2 Å². The van der Waals surface area contributed by atoms with E-state index in [9.17, 15) is 4.79 Å². The molecule has 0 saturated carbocycles. The lowest BCUT2D eigenvalue weighted by atomic mass is 10.2. The number of para-hydroxylation sites is 1. The molecule has 3 rings (SSSR count). The Morgan fingerprint density at radius 1 is 0.962 bits per heavy atom. The van der Waals surface area contributed by atoms with E-state index in [1.54, 1.807) is 36.4 Å². The Kier molecular flexibility index (Phi) is 5.34. The van der Waals surface area contributed by atoms with E-state index < -0.39 is 0 Å². The molecule has 0 radical (unpaired) electrons. The molecule has 0 bridgehead atoms. The summed E-state index contributed by atoms with van der Waals surface area (Å²) in [5, 5.41) is 14.4. The van der Waals surface area contributed by atoms with Crippen molar-refractivity contribution in [1.29, 1.82) is 0 Å². The molecule has 1 heterocycles. The summed E-state index contributed by atoms with van der Waals surface area (Å²) >= 11 is 6.04. The number of nitrogens with zero attached hydrogens (tertiary/aromatic N) is 3. The van der Waals surface area contributed by atoms with Gasteiger partial charge in [0.25, 0.3) is 5.91 Å². The fourth-order valence-electron chi connectivity index (χ4n) is 2.26. The molecule has 26 heavy (non-hydrogen) atoms. The van der Waals surface area contributed by atoms with Crippen LogP contribution in [0.25, 0.3) is 0 Å². The summed E-state index contributed by atoms with van der Waals surface area (Å²) in [6.07, 6.45) is 0. The van der Waals surface area contributed by atoms with E-state index in [-0.39, 0.29) is 11.6 Å². The van der Waals surface area contributed by atoms with Crippen molar-refractivity contribution in [3.05, 3.63) is 71.4 Å². The molecule has 132 valence electrons. The minimum atomic E-state index is -0.368. The first-order valence-electron chi connectivity index (χ1n) is 7.97. The Bertz CT molecular complexity index is 895.